The zero-order valence-corrected chi connectivity index (χ0v) is 21.0. The van der Waals surface area contributed by atoms with Crippen molar-refractivity contribution < 1.29 is 4.79 Å². The second kappa shape index (κ2) is 9.23. The molecule has 0 saturated carbocycles. The fourth-order valence-electron chi connectivity index (χ4n) is 5.70. The molecule has 7 nitrogen and oxygen atoms in total. The Bertz CT molecular complexity index is 1540. The van der Waals surface area contributed by atoms with Crippen LogP contribution in [0.15, 0.2) is 72.8 Å². The SMILES string of the molecule is Cc1cc(-c2ccc(N3CCN(C4c5ccccc5NC(=O)c5ccccc54)CC3)c(C#N)c2)n(C)n1. The number of para-hydroxylation sites is 1. The molecule has 2 aliphatic heterocycles. The Labute approximate surface area is 216 Å². The van der Waals surface area contributed by atoms with Gasteiger partial charge in [0, 0.05) is 50.0 Å². The molecular formula is C30H28N6O. The minimum absolute atomic E-state index is 0.0145. The molecule has 3 heterocycles. The molecule has 0 bridgehead atoms. The van der Waals surface area contributed by atoms with Gasteiger partial charge in [0.05, 0.1) is 28.7 Å². The third-order valence-corrected chi connectivity index (χ3v) is 7.44. The van der Waals surface area contributed by atoms with Crippen molar-refractivity contribution in [3.8, 4) is 17.3 Å². The lowest BCUT2D eigenvalue weighted by atomic mass is 9.93. The Morgan fingerprint density at radius 1 is 0.946 bits per heavy atom. The molecule has 0 radical (unpaired) electrons. The van der Waals surface area contributed by atoms with E-state index in [9.17, 15) is 10.1 Å². The summed E-state index contributed by atoms with van der Waals surface area (Å²) in [4.78, 5) is 17.7. The Morgan fingerprint density at radius 3 is 2.41 bits per heavy atom. The molecule has 0 aliphatic carbocycles. The highest BCUT2D eigenvalue weighted by atomic mass is 16.1. The number of hydrogen-bond donors (Lipinski definition) is 1. The molecule has 6 rings (SSSR count). The van der Waals surface area contributed by atoms with Gasteiger partial charge in [0.1, 0.15) is 6.07 Å². The quantitative estimate of drug-likeness (QED) is 0.451. The van der Waals surface area contributed by atoms with Crippen LogP contribution in [-0.4, -0.2) is 46.8 Å². The van der Waals surface area contributed by atoms with Crippen molar-refractivity contribution >= 4 is 17.3 Å². The highest BCUT2D eigenvalue weighted by molar-refractivity contribution is 6.07. The molecule has 3 aromatic carbocycles. The van der Waals surface area contributed by atoms with E-state index in [0.29, 0.717) is 5.56 Å². The number of hydrogen-bond acceptors (Lipinski definition) is 5. The van der Waals surface area contributed by atoms with Gasteiger partial charge in [-0.2, -0.15) is 10.4 Å². The van der Waals surface area contributed by atoms with E-state index < -0.39 is 0 Å². The maximum Gasteiger partial charge on any atom is 0.256 e. The van der Waals surface area contributed by atoms with E-state index in [-0.39, 0.29) is 11.9 Å². The molecule has 1 unspecified atom stereocenters. The fourth-order valence-corrected chi connectivity index (χ4v) is 5.70. The second-order valence-corrected chi connectivity index (χ2v) is 9.69. The van der Waals surface area contributed by atoms with Crippen LogP contribution in [0.3, 0.4) is 0 Å². The first-order valence-electron chi connectivity index (χ1n) is 12.6. The number of piperazine rings is 1. The van der Waals surface area contributed by atoms with Gasteiger partial charge < -0.3 is 10.2 Å². The van der Waals surface area contributed by atoms with E-state index in [1.807, 2.05) is 67.2 Å². The van der Waals surface area contributed by atoms with E-state index in [1.54, 1.807) is 0 Å². The molecule has 1 amide bonds. The van der Waals surface area contributed by atoms with Crippen molar-refractivity contribution in [3.05, 3.63) is 101 Å². The Kier molecular flexibility index (Phi) is 5.74. The van der Waals surface area contributed by atoms with Crippen molar-refractivity contribution in [2.24, 2.45) is 7.05 Å². The number of carbonyl (C=O) groups excluding carboxylic acids is 1. The first kappa shape index (κ1) is 23.0. The Hall–Kier alpha value is -4.41. The molecule has 1 atom stereocenters. The summed E-state index contributed by atoms with van der Waals surface area (Å²) in [5.74, 6) is -0.0634. The standard InChI is InChI=1S/C30H28N6O/c1-20-17-28(34(2)33-20)21-11-12-27(22(18-21)19-31)35-13-15-36(16-14-35)29-23-7-3-4-8-24(23)30(37)32-26-10-6-5-9-25(26)29/h3-12,17-18,29H,13-16H2,1-2H3,(H,32,37). The van der Waals surface area contributed by atoms with E-state index in [0.717, 1.165) is 71.2 Å². The average molecular weight is 489 g/mol. The van der Waals surface area contributed by atoms with Crippen LogP contribution in [0, 0.1) is 18.3 Å². The predicted molar refractivity (Wildman–Crippen MR) is 145 cm³/mol. The van der Waals surface area contributed by atoms with Crippen molar-refractivity contribution in [3.63, 3.8) is 0 Å². The van der Waals surface area contributed by atoms with Gasteiger partial charge >= 0.3 is 0 Å². The van der Waals surface area contributed by atoms with Crippen molar-refractivity contribution in [1.29, 1.82) is 5.26 Å². The topological polar surface area (TPSA) is 77.2 Å². The van der Waals surface area contributed by atoms with Crippen LogP contribution < -0.4 is 10.2 Å². The Balaban J connectivity index is 1.28. The summed E-state index contributed by atoms with van der Waals surface area (Å²) >= 11 is 0. The number of benzene rings is 3. The number of aromatic nitrogens is 2. The zero-order chi connectivity index (χ0) is 25.5. The summed E-state index contributed by atoms with van der Waals surface area (Å²) in [5.41, 5.74) is 8.31. The van der Waals surface area contributed by atoms with Crippen molar-refractivity contribution in [1.82, 2.24) is 14.7 Å². The van der Waals surface area contributed by atoms with Gasteiger partial charge in [-0.3, -0.25) is 14.4 Å². The molecule has 2 aliphatic rings. The third-order valence-electron chi connectivity index (χ3n) is 7.44. The first-order chi connectivity index (χ1) is 18.0. The van der Waals surface area contributed by atoms with E-state index in [4.69, 9.17) is 0 Å². The number of anilines is 2. The van der Waals surface area contributed by atoms with E-state index in [1.165, 1.54) is 0 Å². The lowest BCUT2D eigenvalue weighted by Crippen LogP contribution is -2.48. The number of nitriles is 1. The minimum atomic E-state index is -0.0634. The summed E-state index contributed by atoms with van der Waals surface area (Å²) in [6, 6.07) is 26.5. The maximum absolute atomic E-state index is 13.0. The molecule has 1 saturated heterocycles. The van der Waals surface area contributed by atoms with Gasteiger partial charge in [0.25, 0.3) is 5.91 Å². The molecule has 1 aromatic heterocycles. The number of amides is 1. The van der Waals surface area contributed by atoms with Crippen molar-refractivity contribution in [2.45, 2.75) is 13.0 Å². The first-order valence-corrected chi connectivity index (χ1v) is 12.6. The Morgan fingerprint density at radius 2 is 1.68 bits per heavy atom. The lowest BCUT2D eigenvalue weighted by molar-refractivity contribution is 0.102. The van der Waals surface area contributed by atoms with Crippen LogP contribution in [0.25, 0.3) is 11.3 Å². The maximum atomic E-state index is 13.0. The third kappa shape index (κ3) is 4.05. The lowest BCUT2D eigenvalue weighted by Gasteiger charge is -2.41. The van der Waals surface area contributed by atoms with Gasteiger partial charge in [0.15, 0.2) is 0 Å². The number of carbonyl (C=O) groups is 1. The highest BCUT2D eigenvalue weighted by Crippen LogP contribution is 2.39. The molecule has 0 spiro atoms. The molecule has 4 aromatic rings. The predicted octanol–water partition coefficient (Wildman–Crippen LogP) is 4.74. The van der Waals surface area contributed by atoms with Crippen molar-refractivity contribution in [2.75, 3.05) is 36.4 Å². The largest absolute Gasteiger partial charge is 0.368 e. The molecule has 184 valence electrons. The zero-order valence-electron chi connectivity index (χ0n) is 21.0. The molecular weight excluding hydrogens is 460 g/mol. The van der Waals surface area contributed by atoms with Crippen LogP contribution in [-0.2, 0) is 7.05 Å². The van der Waals surface area contributed by atoms with Crippen LogP contribution in [0.5, 0.6) is 0 Å². The smallest absolute Gasteiger partial charge is 0.256 e. The molecule has 1 N–H and O–H groups in total. The molecule has 7 heteroatoms. The summed E-state index contributed by atoms with van der Waals surface area (Å²) in [7, 11) is 1.92. The van der Waals surface area contributed by atoms with Gasteiger partial charge in [0.2, 0.25) is 0 Å². The summed E-state index contributed by atoms with van der Waals surface area (Å²) in [5, 5.41) is 17.5. The fraction of sp³-hybridized carbons (Fsp3) is 0.233. The number of nitrogens with zero attached hydrogens (tertiary/aromatic N) is 5. The normalized spacial score (nSPS) is 17.4. The van der Waals surface area contributed by atoms with Crippen LogP contribution >= 0.6 is 0 Å². The van der Waals surface area contributed by atoms with Crippen LogP contribution in [0.4, 0.5) is 11.4 Å². The van der Waals surface area contributed by atoms with E-state index in [2.05, 4.69) is 50.5 Å². The van der Waals surface area contributed by atoms with Gasteiger partial charge in [-0.05, 0) is 48.4 Å². The van der Waals surface area contributed by atoms with E-state index >= 15 is 0 Å². The average Bonchev–Trinajstić information content (AvgIpc) is 3.21. The number of aryl methyl sites for hydroxylation is 2. The van der Waals surface area contributed by atoms with Crippen LogP contribution in [0.2, 0.25) is 0 Å². The highest BCUT2D eigenvalue weighted by Gasteiger charge is 2.33. The second-order valence-electron chi connectivity index (χ2n) is 9.69. The van der Waals surface area contributed by atoms with Gasteiger partial charge in [-0.15, -0.1) is 0 Å². The van der Waals surface area contributed by atoms with Crippen LogP contribution in [0.1, 0.15) is 38.8 Å². The van der Waals surface area contributed by atoms with Gasteiger partial charge in [-0.25, -0.2) is 0 Å². The summed E-state index contributed by atoms with van der Waals surface area (Å²) in [6.45, 7) is 5.19. The molecule has 1 fully saturated rings. The number of fused-ring (bicyclic) bond motifs is 2. The minimum Gasteiger partial charge on any atom is -0.368 e. The molecule has 37 heavy (non-hydrogen) atoms. The van der Waals surface area contributed by atoms with Gasteiger partial charge in [-0.1, -0.05) is 42.5 Å². The summed E-state index contributed by atoms with van der Waals surface area (Å²) < 4.78 is 1.85. The summed E-state index contributed by atoms with van der Waals surface area (Å²) in [6.07, 6.45) is 0. The number of nitrogens with one attached hydrogen (secondary N) is 1. The monoisotopic (exact) mass is 488 g/mol. The number of rotatable bonds is 3.